The number of likely N-dealkylation sites (tertiary alicyclic amines) is 1. The van der Waals surface area contributed by atoms with Crippen molar-refractivity contribution in [2.45, 2.75) is 39.5 Å². The van der Waals surface area contributed by atoms with Crippen molar-refractivity contribution in [1.82, 2.24) is 15.5 Å². The minimum absolute atomic E-state index is 0. The highest BCUT2D eigenvalue weighted by Crippen LogP contribution is 2.19. The Morgan fingerprint density at radius 3 is 2.65 bits per heavy atom. The molecule has 0 saturated carbocycles. The van der Waals surface area contributed by atoms with E-state index in [4.69, 9.17) is 4.99 Å². The number of nitrogens with zero attached hydrogens (tertiary/aromatic N) is 2. The second-order valence-corrected chi connectivity index (χ2v) is 7.04. The van der Waals surface area contributed by atoms with Crippen LogP contribution in [0.1, 0.15) is 37.3 Å². The van der Waals surface area contributed by atoms with Crippen LogP contribution in [0.5, 0.6) is 0 Å². The number of aliphatic imine (C=N–C) groups is 1. The molecule has 1 heterocycles. The number of benzene rings is 1. The van der Waals surface area contributed by atoms with Crippen molar-refractivity contribution in [2.75, 3.05) is 39.8 Å². The largest absolute Gasteiger partial charge is 0.357 e. The summed E-state index contributed by atoms with van der Waals surface area (Å²) in [5.74, 6) is 1.53. The van der Waals surface area contributed by atoms with Gasteiger partial charge in [-0.25, -0.2) is 4.39 Å². The molecule has 1 aromatic rings. The van der Waals surface area contributed by atoms with Crippen LogP contribution in [0.3, 0.4) is 0 Å². The molecular weight excluding hydrogens is 442 g/mol. The first-order valence-electron chi connectivity index (χ1n) is 9.54. The van der Waals surface area contributed by atoms with Gasteiger partial charge in [0.05, 0.1) is 0 Å². The molecule has 6 heteroatoms. The Morgan fingerprint density at radius 2 is 2.00 bits per heavy atom. The SMILES string of the molecule is CCNC(=NCCC1CCN(C)CC1)NCCc1ccc(F)cc1C.I. The number of piperidine rings is 1. The maximum absolute atomic E-state index is 13.2. The highest BCUT2D eigenvalue weighted by Gasteiger charge is 2.15. The van der Waals surface area contributed by atoms with Crippen molar-refractivity contribution in [3.63, 3.8) is 0 Å². The molecule has 1 aromatic carbocycles. The third kappa shape index (κ3) is 8.20. The topological polar surface area (TPSA) is 39.7 Å². The van der Waals surface area contributed by atoms with Crippen LogP contribution in [0.15, 0.2) is 23.2 Å². The number of nitrogens with one attached hydrogen (secondary N) is 2. The molecular formula is C20H34FIN4. The average molecular weight is 476 g/mol. The maximum atomic E-state index is 13.2. The summed E-state index contributed by atoms with van der Waals surface area (Å²) in [7, 11) is 2.20. The Bertz CT molecular complexity index is 557. The molecule has 1 aliphatic rings. The second-order valence-electron chi connectivity index (χ2n) is 7.04. The molecule has 0 amide bonds. The van der Waals surface area contributed by atoms with E-state index in [-0.39, 0.29) is 29.8 Å². The molecule has 0 aromatic heterocycles. The van der Waals surface area contributed by atoms with E-state index in [0.29, 0.717) is 0 Å². The molecule has 0 aliphatic carbocycles. The van der Waals surface area contributed by atoms with Crippen LogP contribution in [0, 0.1) is 18.7 Å². The molecule has 1 saturated heterocycles. The lowest BCUT2D eigenvalue weighted by Crippen LogP contribution is -2.38. The molecule has 4 nitrogen and oxygen atoms in total. The van der Waals surface area contributed by atoms with E-state index < -0.39 is 0 Å². The Labute approximate surface area is 175 Å². The Kier molecular flexibility index (Phi) is 11.1. The number of hydrogen-bond acceptors (Lipinski definition) is 2. The van der Waals surface area contributed by atoms with E-state index >= 15 is 0 Å². The summed E-state index contributed by atoms with van der Waals surface area (Å²) in [6.07, 6.45) is 4.62. The monoisotopic (exact) mass is 476 g/mol. The van der Waals surface area contributed by atoms with Crippen LogP contribution in [0.2, 0.25) is 0 Å². The third-order valence-corrected chi connectivity index (χ3v) is 4.98. The summed E-state index contributed by atoms with van der Waals surface area (Å²) in [6, 6.07) is 5.00. The van der Waals surface area contributed by atoms with Gasteiger partial charge in [0.2, 0.25) is 0 Å². The first-order valence-corrected chi connectivity index (χ1v) is 9.54. The lowest BCUT2D eigenvalue weighted by molar-refractivity contribution is 0.214. The average Bonchev–Trinajstić information content (AvgIpc) is 2.58. The Hall–Kier alpha value is -0.890. The van der Waals surface area contributed by atoms with Gasteiger partial charge in [-0.1, -0.05) is 6.07 Å². The molecule has 2 rings (SSSR count). The van der Waals surface area contributed by atoms with Crippen molar-refractivity contribution in [2.24, 2.45) is 10.9 Å². The number of hydrogen-bond donors (Lipinski definition) is 2. The molecule has 148 valence electrons. The van der Waals surface area contributed by atoms with Crippen LogP contribution >= 0.6 is 24.0 Å². The number of aryl methyl sites for hydroxylation is 1. The van der Waals surface area contributed by atoms with E-state index in [9.17, 15) is 4.39 Å². The molecule has 0 bridgehead atoms. The quantitative estimate of drug-likeness (QED) is 0.359. The van der Waals surface area contributed by atoms with Crippen molar-refractivity contribution in [1.29, 1.82) is 0 Å². The summed E-state index contributed by atoms with van der Waals surface area (Å²) in [4.78, 5) is 7.12. The zero-order valence-electron chi connectivity index (χ0n) is 16.4. The summed E-state index contributed by atoms with van der Waals surface area (Å²) >= 11 is 0. The molecule has 0 spiro atoms. The van der Waals surface area contributed by atoms with Gasteiger partial charge < -0.3 is 15.5 Å². The molecule has 0 unspecified atom stereocenters. The smallest absolute Gasteiger partial charge is 0.191 e. The van der Waals surface area contributed by atoms with Crippen molar-refractivity contribution < 1.29 is 4.39 Å². The minimum atomic E-state index is -0.169. The van der Waals surface area contributed by atoms with Gasteiger partial charge in [0.1, 0.15) is 5.82 Å². The van der Waals surface area contributed by atoms with Gasteiger partial charge in [0.25, 0.3) is 0 Å². The van der Waals surface area contributed by atoms with Gasteiger partial charge in [0, 0.05) is 19.6 Å². The minimum Gasteiger partial charge on any atom is -0.357 e. The second kappa shape index (κ2) is 12.5. The predicted molar refractivity (Wildman–Crippen MR) is 119 cm³/mol. The van der Waals surface area contributed by atoms with E-state index in [2.05, 4.69) is 29.5 Å². The molecule has 1 aliphatic heterocycles. The normalized spacial score (nSPS) is 16.2. The highest BCUT2D eigenvalue weighted by molar-refractivity contribution is 14.0. The van der Waals surface area contributed by atoms with Gasteiger partial charge in [-0.2, -0.15) is 0 Å². The van der Waals surface area contributed by atoms with Gasteiger partial charge >= 0.3 is 0 Å². The fourth-order valence-electron chi connectivity index (χ4n) is 3.31. The predicted octanol–water partition coefficient (Wildman–Crippen LogP) is 3.58. The third-order valence-electron chi connectivity index (χ3n) is 4.98. The van der Waals surface area contributed by atoms with Crippen LogP contribution in [-0.2, 0) is 6.42 Å². The first-order chi connectivity index (χ1) is 12.1. The Morgan fingerprint density at radius 1 is 1.27 bits per heavy atom. The summed E-state index contributed by atoms with van der Waals surface area (Å²) < 4.78 is 13.2. The van der Waals surface area contributed by atoms with E-state index in [1.807, 2.05) is 13.0 Å². The highest BCUT2D eigenvalue weighted by atomic mass is 127. The summed E-state index contributed by atoms with van der Waals surface area (Å²) in [6.45, 7) is 8.99. The number of halogens is 2. The molecule has 0 radical (unpaired) electrons. The van der Waals surface area contributed by atoms with Crippen molar-refractivity contribution >= 4 is 29.9 Å². The van der Waals surface area contributed by atoms with Gasteiger partial charge in [-0.05, 0) is 88.8 Å². The zero-order chi connectivity index (χ0) is 18.1. The van der Waals surface area contributed by atoms with Gasteiger partial charge in [-0.15, -0.1) is 24.0 Å². The van der Waals surface area contributed by atoms with Crippen molar-refractivity contribution in [3.8, 4) is 0 Å². The Balaban J connectivity index is 0.00000338. The zero-order valence-corrected chi connectivity index (χ0v) is 18.7. The van der Waals surface area contributed by atoms with Crippen LogP contribution < -0.4 is 10.6 Å². The van der Waals surface area contributed by atoms with Crippen molar-refractivity contribution in [3.05, 3.63) is 35.1 Å². The molecule has 1 fully saturated rings. The fraction of sp³-hybridized carbons (Fsp3) is 0.650. The maximum Gasteiger partial charge on any atom is 0.191 e. The standard InChI is InChI=1S/C20H33FN4.HI/c1-4-22-20(23-11-7-17-9-13-25(3)14-10-17)24-12-8-18-5-6-19(21)15-16(18)2;/h5-6,15,17H,4,7-14H2,1-3H3,(H2,22,23,24);1H. The van der Waals surface area contributed by atoms with Gasteiger partial charge in [0.15, 0.2) is 5.96 Å². The van der Waals surface area contributed by atoms with E-state index in [1.165, 1.54) is 44.0 Å². The first kappa shape index (κ1) is 23.1. The summed E-state index contributed by atoms with van der Waals surface area (Å²) in [5, 5.41) is 6.70. The molecule has 2 N–H and O–H groups in total. The fourth-order valence-corrected chi connectivity index (χ4v) is 3.31. The van der Waals surface area contributed by atoms with Crippen LogP contribution in [0.4, 0.5) is 4.39 Å². The summed E-state index contributed by atoms with van der Waals surface area (Å²) in [5.41, 5.74) is 2.18. The molecule has 26 heavy (non-hydrogen) atoms. The van der Waals surface area contributed by atoms with Crippen LogP contribution in [-0.4, -0.2) is 50.6 Å². The number of guanidine groups is 1. The lowest BCUT2D eigenvalue weighted by atomic mass is 9.94. The van der Waals surface area contributed by atoms with E-state index in [1.54, 1.807) is 6.07 Å². The number of rotatable bonds is 7. The van der Waals surface area contributed by atoms with E-state index in [0.717, 1.165) is 43.5 Å². The lowest BCUT2D eigenvalue weighted by Gasteiger charge is -2.28. The van der Waals surface area contributed by atoms with Crippen LogP contribution in [0.25, 0.3) is 0 Å². The molecule has 0 atom stereocenters. The van der Waals surface area contributed by atoms with Gasteiger partial charge in [-0.3, -0.25) is 4.99 Å².